The fourth-order valence-electron chi connectivity index (χ4n) is 3.82. The van der Waals surface area contributed by atoms with Gasteiger partial charge < -0.3 is 15.5 Å². The number of guanidine groups is 1. The quantitative estimate of drug-likeness (QED) is 0.387. The Balaban J connectivity index is 1.47. The third-order valence-electron chi connectivity index (χ3n) is 5.42. The van der Waals surface area contributed by atoms with Crippen molar-refractivity contribution in [2.24, 2.45) is 4.99 Å². The van der Waals surface area contributed by atoms with Crippen LogP contribution < -0.4 is 10.6 Å². The number of nitrogens with one attached hydrogen (secondary N) is 2. The average Bonchev–Trinajstić information content (AvgIpc) is 3.24. The molecule has 1 aliphatic rings. The third-order valence-corrected chi connectivity index (χ3v) is 5.42. The molecule has 2 N–H and O–H groups in total. The van der Waals surface area contributed by atoms with Gasteiger partial charge in [-0.25, -0.2) is 14.7 Å². The topological polar surface area (TPSA) is 70.4 Å². The van der Waals surface area contributed by atoms with Crippen LogP contribution in [0.2, 0.25) is 0 Å². The number of aliphatic imine (C=N–C) groups is 1. The highest BCUT2D eigenvalue weighted by atomic mass is 15.3. The summed E-state index contributed by atoms with van der Waals surface area (Å²) in [6.45, 7) is 10.1. The van der Waals surface area contributed by atoms with Crippen LogP contribution in [-0.2, 0) is 13.1 Å². The summed E-state index contributed by atoms with van der Waals surface area (Å²) < 4.78 is 1.83. The molecule has 1 atom stereocenters. The number of benzene rings is 1. The van der Waals surface area contributed by atoms with Crippen molar-refractivity contribution in [3.63, 3.8) is 0 Å². The molecule has 1 fully saturated rings. The first kappa shape index (κ1) is 21.3. The standard InChI is InChI=1S/C22H35N7/c1-3-24-22(25-11-7-13-28-12-5-4-8-19(28)2)26-15-20-9-6-10-21(14-20)16-29-18-23-17-27-29/h6,9-10,14,17-19H,3-5,7-8,11-13,15-16H2,1-2H3,(H2,24,25,26). The predicted molar refractivity (Wildman–Crippen MR) is 118 cm³/mol. The fraction of sp³-hybridized carbons (Fsp3) is 0.591. The number of hydrogen-bond acceptors (Lipinski definition) is 4. The molecular weight excluding hydrogens is 362 g/mol. The fourth-order valence-corrected chi connectivity index (χ4v) is 3.82. The van der Waals surface area contributed by atoms with Crippen molar-refractivity contribution in [2.75, 3.05) is 26.2 Å². The van der Waals surface area contributed by atoms with Gasteiger partial charge in [-0.05, 0) is 50.8 Å². The van der Waals surface area contributed by atoms with Crippen molar-refractivity contribution < 1.29 is 0 Å². The molecule has 0 saturated carbocycles. The van der Waals surface area contributed by atoms with E-state index in [9.17, 15) is 0 Å². The molecule has 1 unspecified atom stereocenters. The highest BCUT2D eigenvalue weighted by Gasteiger charge is 2.17. The summed E-state index contributed by atoms with van der Waals surface area (Å²) in [6.07, 6.45) is 8.51. The zero-order valence-corrected chi connectivity index (χ0v) is 17.8. The van der Waals surface area contributed by atoms with Gasteiger partial charge in [0.05, 0.1) is 13.1 Å². The van der Waals surface area contributed by atoms with Gasteiger partial charge >= 0.3 is 0 Å². The Hall–Kier alpha value is -2.41. The second-order valence-corrected chi connectivity index (χ2v) is 7.77. The van der Waals surface area contributed by atoms with Gasteiger partial charge in [-0.2, -0.15) is 5.10 Å². The molecule has 0 bridgehead atoms. The van der Waals surface area contributed by atoms with Gasteiger partial charge in [-0.15, -0.1) is 0 Å². The van der Waals surface area contributed by atoms with Gasteiger partial charge in [0.1, 0.15) is 12.7 Å². The van der Waals surface area contributed by atoms with E-state index in [2.05, 4.69) is 63.7 Å². The highest BCUT2D eigenvalue weighted by molar-refractivity contribution is 5.79. The number of rotatable bonds is 9. The smallest absolute Gasteiger partial charge is 0.191 e. The van der Waals surface area contributed by atoms with E-state index in [4.69, 9.17) is 4.99 Å². The monoisotopic (exact) mass is 397 g/mol. The maximum atomic E-state index is 4.77. The molecule has 1 aromatic carbocycles. The SMILES string of the molecule is CCNC(=NCc1cccc(Cn2cncn2)c1)NCCCN1CCCCC1C. The molecule has 7 nitrogen and oxygen atoms in total. The molecule has 29 heavy (non-hydrogen) atoms. The molecule has 1 saturated heterocycles. The van der Waals surface area contributed by atoms with Crippen LogP contribution in [0, 0.1) is 0 Å². The minimum atomic E-state index is 0.656. The maximum absolute atomic E-state index is 4.77. The number of nitrogens with zero attached hydrogens (tertiary/aromatic N) is 5. The van der Waals surface area contributed by atoms with Crippen LogP contribution in [0.25, 0.3) is 0 Å². The van der Waals surface area contributed by atoms with Crippen LogP contribution in [0.15, 0.2) is 41.9 Å². The lowest BCUT2D eigenvalue weighted by atomic mass is 10.0. The normalized spacial score (nSPS) is 18.0. The summed E-state index contributed by atoms with van der Waals surface area (Å²) in [5.41, 5.74) is 2.40. The second kappa shape index (κ2) is 11.6. The van der Waals surface area contributed by atoms with E-state index in [1.807, 2.05) is 4.68 Å². The second-order valence-electron chi connectivity index (χ2n) is 7.77. The minimum absolute atomic E-state index is 0.656. The molecule has 1 aliphatic heterocycles. The van der Waals surface area contributed by atoms with E-state index in [1.54, 1.807) is 12.7 Å². The van der Waals surface area contributed by atoms with E-state index in [-0.39, 0.29) is 0 Å². The Bertz CT molecular complexity index is 741. The first-order valence-electron chi connectivity index (χ1n) is 10.9. The Kier molecular flexibility index (Phi) is 8.49. The first-order chi connectivity index (χ1) is 14.2. The van der Waals surface area contributed by atoms with E-state index in [0.717, 1.165) is 44.6 Å². The van der Waals surface area contributed by atoms with E-state index < -0.39 is 0 Å². The summed E-state index contributed by atoms with van der Waals surface area (Å²) >= 11 is 0. The largest absolute Gasteiger partial charge is 0.357 e. The van der Waals surface area contributed by atoms with Gasteiger partial charge in [0.2, 0.25) is 0 Å². The van der Waals surface area contributed by atoms with Gasteiger partial charge in [0.15, 0.2) is 5.96 Å². The lowest BCUT2D eigenvalue weighted by molar-refractivity contribution is 0.159. The van der Waals surface area contributed by atoms with Crippen LogP contribution in [0.1, 0.15) is 50.7 Å². The summed E-state index contributed by atoms with van der Waals surface area (Å²) in [5, 5.41) is 11.0. The number of hydrogen-bond donors (Lipinski definition) is 2. The molecule has 3 rings (SSSR count). The van der Waals surface area contributed by atoms with Gasteiger partial charge in [-0.3, -0.25) is 0 Å². The number of aromatic nitrogens is 3. The summed E-state index contributed by atoms with van der Waals surface area (Å²) in [6, 6.07) is 9.23. The van der Waals surface area contributed by atoms with E-state index in [1.165, 1.54) is 36.9 Å². The summed E-state index contributed by atoms with van der Waals surface area (Å²) in [5.74, 6) is 0.890. The van der Waals surface area contributed by atoms with Crippen LogP contribution in [0.3, 0.4) is 0 Å². The molecule has 158 valence electrons. The van der Waals surface area contributed by atoms with Crippen LogP contribution in [0.4, 0.5) is 0 Å². The summed E-state index contributed by atoms with van der Waals surface area (Å²) in [4.78, 5) is 11.4. The molecular formula is C22H35N7. The summed E-state index contributed by atoms with van der Waals surface area (Å²) in [7, 11) is 0. The van der Waals surface area contributed by atoms with E-state index in [0.29, 0.717) is 6.54 Å². The molecule has 0 spiro atoms. The molecule has 0 aliphatic carbocycles. The van der Waals surface area contributed by atoms with Crippen molar-refractivity contribution in [1.29, 1.82) is 0 Å². The van der Waals surface area contributed by atoms with Crippen molar-refractivity contribution >= 4 is 5.96 Å². The van der Waals surface area contributed by atoms with Gasteiger partial charge in [0, 0.05) is 25.7 Å². The molecule has 0 amide bonds. The number of piperidine rings is 1. The van der Waals surface area contributed by atoms with Crippen LogP contribution >= 0.6 is 0 Å². The van der Waals surface area contributed by atoms with Crippen molar-refractivity contribution in [1.82, 2.24) is 30.3 Å². The zero-order valence-electron chi connectivity index (χ0n) is 17.8. The first-order valence-corrected chi connectivity index (χ1v) is 10.9. The maximum Gasteiger partial charge on any atom is 0.191 e. The van der Waals surface area contributed by atoms with Crippen LogP contribution in [0.5, 0.6) is 0 Å². The Morgan fingerprint density at radius 1 is 1.24 bits per heavy atom. The average molecular weight is 398 g/mol. The molecule has 1 aromatic heterocycles. The molecule has 2 heterocycles. The molecule has 0 radical (unpaired) electrons. The Morgan fingerprint density at radius 3 is 2.93 bits per heavy atom. The lowest BCUT2D eigenvalue weighted by Gasteiger charge is -2.33. The zero-order chi connectivity index (χ0) is 20.3. The molecule has 2 aromatic rings. The third kappa shape index (κ3) is 7.16. The van der Waals surface area contributed by atoms with Crippen molar-refractivity contribution in [2.45, 2.75) is 58.7 Å². The van der Waals surface area contributed by atoms with Crippen LogP contribution in [-0.4, -0.2) is 57.8 Å². The minimum Gasteiger partial charge on any atom is -0.357 e. The Labute approximate surface area is 174 Å². The van der Waals surface area contributed by atoms with Crippen molar-refractivity contribution in [3.8, 4) is 0 Å². The van der Waals surface area contributed by atoms with E-state index >= 15 is 0 Å². The highest BCUT2D eigenvalue weighted by Crippen LogP contribution is 2.16. The number of likely N-dealkylation sites (tertiary alicyclic amines) is 1. The Morgan fingerprint density at radius 2 is 2.14 bits per heavy atom. The molecule has 7 heteroatoms. The predicted octanol–water partition coefficient (Wildman–Crippen LogP) is 2.65. The van der Waals surface area contributed by atoms with Crippen molar-refractivity contribution in [3.05, 3.63) is 48.0 Å². The van der Waals surface area contributed by atoms with Gasteiger partial charge in [-0.1, -0.05) is 30.7 Å². The lowest BCUT2D eigenvalue weighted by Crippen LogP contribution is -2.41. The van der Waals surface area contributed by atoms with Gasteiger partial charge in [0.25, 0.3) is 0 Å².